The molecule has 1 aromatic carbocycles. The lowest BCUT2D eigenvalue weighted by molar-refractivity contribution is 0.360. The number of hydrogen-bond donors (Lipinski definition) is 2. The minimum Gasteiger partial charge on any atom is -0.495 e. The summed E-state index contributed by atoms with van der Waals surface area (Å²) in [6, 6.07) is 5.66. The van der Waals surface area contributed by atoms with Crippen molar-refractivity contribution < 1.29 is 4.74 Å². The summed E-state index contributed by atoms with van der Waals surface area (Å²) in [4.78, 5) is 0. The average Bonchev–Trinajstić information content (AvgIpc) is 2.40. The molecule has 0 atom stereocenters. The molecule has 1 aliphatic heterocycles. The molecule has 0 aliphatic carbocycles. The Morgan fingerprint density at radius 3 is 2.89 bits per heavy atom. The van der Waals surface area contributed by atoms with Gasteiger partial charge in [0.2, 0.25) is 0 Å². The first-order chi connectivity index (χ1) is 8.79. The van der Waals surface area contributed by atoms with E-state index in [-0.39, 0.29) is 0 Å². The second kappa shape index (κ2) is 6.86. The highest BCUT2D eigenvalue weighted by Gasteiger charge is 2.12. The highest BCUT2D eigenvalue weighted by Crippen LogP contribution is 2.28. The Morgan fingerprint density at radius 1 is 1.39 bits per heavy atom. The summed E-state index contributed by atoms with van der Waals surface area (Å²) in [5.74, 6) is 1.69. The van der Waals surface area contributed by atoms with E-state index in [0.717, 1.165) is 42.0 Å². The fraction of sp³-hybridized carbons (Fsp3) is 0.571. The Balaban J connectivity index is 1.83. The van der Waals surface area contributed by atoms with E-state index in [4.69, 9.17) is 16.3 Å². The third-order valence-corrected chi connectivity index (χ3v) is 3.72. The number of piperidine rings is 1. The van der Waals surface area contributed by atoms with Gasteiger partial charge in [0.1, 0.15) is 5.75 Å². The smallest absolute Gasteiger partial charge is 0.142 e. The summed E-state index contributed by atoms with van der Waals surface area (Å²) in [6.07, 6.45) is 3.78. The Hall–Kier alpha value is -0.930. The van der Waals surface area contributed by atoms with Crippen molar-refractivity contribution in [2.75, 3.05) is 32.1 Å². The fourth-order valence-corrected chi connectivity index (χ4v) is 2.57. The fourth-order valence-electron chi connectivity index (χ4n) is 2.40. The Labute approximate surface area is 114 Å². The van der Waals surface area contributed by atoms with Gasteiger partial charge in [-0.25, -0.2) is 0 Å². The molecule has 0 saturated carbocycles. The lowest BCUT2D eigenvalue weighted by Crippen LogP contribution is -2.28. The normalized spacial score (nSPS) is 16.6. The summed E-state index contributed by atoms with van der Waals surface area (Å²) >= 11 is 6.00. The molecule has 0 unspecified atom stereocenters. The molecule has 2 N–H and O–H groups in total. The van der Waals surface area contributed by atoms with E-state index in [1.807, 2.05) is 18.2 Å². The van der Waals surface area contributed by atoms with E-state index in [1.165, 1.54) is 19.3 Å². The molecule has 1 fully saturated rings. The molecule has 1 heterocycles. The minimum absolute atomic E-state index is 0.736. The number of halogens is 1. The van der Waals surface area contributed by atoms with Crippen molar-refractivity contribution >= 4 is 17.3 Å². The second-order valence-electron chi connectivity index (χ2n) is 4.75. The lowest BCUT2D eigenvalue weighted by atomic mass is 9.95. The van der Waals surface area contributed by atoms with Crippen LogP contribution in [0.4, 0.5) is 5.69 Å². The van der Waals surface area contributed by atoms with Crippen molar-refractivity contribution in [2.45, 2.75) is 19.3 Å². The molecular weight excluding hydrogens is 248 g/mol. The zero-order valence-corrected chi connectivity index (χ0v) is 11.6. The van der Waals surface area contributed by atoms with Gasteiger partial charge < -0.3 is 15.4 Å². The van der Waals surface area contributed by atoms with Gasteiger partial charge in [0.15, 0.2) is 0 Å². The van der Waals surface area contributed by atoms with Crippen LogP contribution in [0, 0.1) is 5.92 Å². The highest BCUT2D eigenvalue weighted by molar-refractivity contribution is 6.30. The van der Waals surface area contributed by atoms with Crippen molar-refractivity contribution in [3.8, 4) is 5.75 Å². The number of nitrogens with one attached hydrogen (secondary N) is 2. The van der Waals surface area contributed by atoms with E-state index in [2.05, 4.69) is 10.6 Å². The van der Waals surface area contributed by atoms with Gasteiger partial charge in [-0.3, -0.25) is 0 Å². The van der Waals surface area contributed by atoms with Gasteiger partial charge in [-0.2, -0.15) is 0 Å². The summed E-state index contributed by atoms with van der Waals surface area (Å²) in [5.41, 5.74) is 0.985. The van der Waals surface area contributed by atoms with Crippen LogP contribution < -0.4 is 15.4 Å². The maximum Gasteiger partial charge on any atom is 0.142 e. The quantitative estimate of drug-likeness (QED) is 0.861. The summed E-state index contributed by atoms with van der Waals surface area (Å²) in [5, 5.41) is 7.55. The Morgan fingerprint density at radius 2 is 2.17 bits per heavy atom. The Bertz CT molecular complexity index is 378. The molecule has 1 aromatic rings. The first-order valence-electron chi connectivity index (χ1n) is 6.57. The molecule has 1 aliphatic rings. The summed E-state index contributed by atoms with van der Waals surface area (Å²) in [7, 11) is 1.68. The van der Waals surface area contributed by atoms with Crippen molar-refractivity contribution in [2.24, 2.45) is 5.92 Å². The van der Waals surface area contributed by atoms with Crippen LogP contribution in [0.15, 0.2) is 18.2 Å². The molecule has 0 radical (unpaired) electrons. The predicted octanol–water partition coefficient (Wildman–Crippen LogP) is 3.15. The first-order valence-corrected chi connectivity index (χ1v) is 6.95. The standard InChI is InChI=1S/C14H21ClN2O/c1-18-14-3-2-12(15)10-13(14)17-9-6-11-4-7-16-8-5-11/h2-3,10-11,16-17H,4-9H2,1H3. The number of benzene rings is 1. The number of anilines is 1. The maximum atomic E-state index is 6.00. The number of methoxy groups -OCH3 is 1. The van der Waals surface area contributed by atoms with Crippen molar-refractivity contribution in [1.29, 1.82) is 0 Å². The van der Waals surface area contributed by atoms with Crippen molar-refractivity contribution in [1.82, 2.24) is 5.32 Å². The molecule has 0 bridgehead atoms. The molecule has 2 rings (SSSR count). The van der Waals surface area contributed by atoms with Gasteiger partial charge in [0.25, 0.3) is 0 Å². The maximum absolute atomic E-state index is 6.00. The molecule has 18 heavy (non-hydrogen) atoms. The molecule has 4 heteroatoms. The van der Waals surface area contributed by atoms with Crippen LogP contribution in [0.5, 0.6) is 5.75 Å². The lowest BCUT2D eigenvalue weighted by Gasteiger charge is -2.23. The topological polar surface area (TPSA) is 33.3 Å². The number of hydrogen-bond acceptors (Lipinski definition) is 3. The zero-order chi connectivity index (χ0) is 12.8. The third kappa shape index (κ3) is 3.79. The number of rotatable bonds is 5. The largest absolute Gasteiger partial charge is 0.495 e. The predicted molar refractivity (Wildman–Crippen MR) is 76.7 cm³/mol. The van der Waals surface area contributed by atoms with Gasteiger partial charge in [-0.05, 0) is 56.5 Å². The molecule has 3 nitrogen and oxygen atoms in total. The monoisotopic (exact) mass is 268 g/mol. The van der Waals surface area contributed by atoms with E-state index in [9.17, 15) is 0 Å². The van der Waals surface area contributed by atoms with Crippen molar-refractivity contribution in [3.05, 3.63) is 23.2 Å². The van der Waals surface area contributed by atoms with Crippen LogP contribution in [-0.4, -0.2) is 26.7 Å². The minimum atomic E-state index is 0.736. The number of ether oxygens (including phenoxy) is 1. The van der Waals surface area contributed by atoms with Gasteiger partial charge in [0, 0.05) is 11.6 Å². The molecule has 1 saturated heterocycles. The average molecular weight is 269 g/mol. The molecule has 0 aromatic heterocycles. The second-order valence-corrected chi connectivity index (χ2v) is 5.19. The van der Waals surface area contributed by atoms with E-state index in [1.54, 1.807) is 7.11 Å². The molecule has 100 valence electrons. The molecule has 0 amide bonds. The first kappa shape index (κ1) is 13.5. The zero-order valence-electron chi connectivity index (χ0n) is 10.8. The SMILES string of the molecule is COc1ccc(Cl)cc1NCCC1CCNCC1. The van der Waals surface area contributed by atoms with Crippen molar-refractivity contribution in [3.63, 3.8) is 0 Å². The van der Waals surface area contributed by atoms with Gasteiger partial charge in [0.05, 0.1) is 12.8 Å². The van der Waals surface area contributed by atoms with Crippen LogP contribution in [-0.2, 0) is 0 Å². The van der Waals surface area contributed by atoms with Gasteiger partial charge in [-0.1, -0.05) is 11.6 Å². The van der Waals surface area contributed by atoms with E-state index >= 15 is 0 Å². The Kier molecular flexibility index (Phi) is 5.14. The third-order valence-electron chi connectivity index (χ3n) is 3.49. The van der Waals surface area contributed by atoms with Gasteiger partial charge in [-0.15, -0.1) is 0 Å². The van der Waals surface area contributed by atoms with Crippen LogP contribution >= 0.6 is 11.6 Å². The van der Waals surface area contributed by atoms with Gasteiger partial charge >= 0.3 is 0 Å². The van der Waals surface area contributed by atoms with Crippen LogP contribution in [0.3, 0.4) is 0 Å². The van der Waals surface area contributed by atoms with E-state index in [0.29, 0.717) is 0 Å². The van der Waals surface area contributed by atoms with Crippen LogP contribution in [0.2, 0.25) is 5.02 Å². The highest BCUT2D eigenvalue weighted by atomic mass is 35.5. The van der Waals surface area contributed by atoms with E-state index < -0.39 is 0 Å². The van der Waals surface area contributed by atoms with Crippen LogP contribution in [0.25, 0.3) is 0 Å². The molecular formula is C14H21ClN2O. The van der Waals surface area contributed by atoms with Crippen LogP contribution in [0.1, 0.15) is 19.3 Å². The molecule has 0 spiro atoms. The summed E-state index contributed by atoms with van der Waals surface area (Å²) < 4.78 is 5.31. The summed E-state index contributed by atoms with van der Waals surface area (Å²) in [6.45, 7) is 3.29.